The van der Waals surface area contributed by atoms with E-state index in [0.29, 0.717) is 23.3 Å². The second kappa shape index (κ2) is 8.17. The normalized spacial score (nSPS) is 12.5. The summed E-state index contributed by atoms with van der Waals surface area (Å²) in [6.45, 7) is 0.0825. The summed E-state index contributed by atoms with van der Waals surface area (Å²) < 4.78 is 56.9. The van der Waals surface area contributed by atoms with Crippen LogP contribution < -0.4 is 11.1 Å². The number of alkyl halides is 3. The molecule has 0 bridgehead atoms. The fourth-order valence-corrected chi connectivity index (χ4v) is 2.38. The molecule has 0 aliphatic heterocycles. The molecule has 2 rings (SSSR count). The van der Waals surface area contributed by atoms with Crippen LogP contribution in [0.4, 0.5) is 17.6 Å². The highest BCUT2D eigenvalue weighted by atomic mass is 19.4. The Kier molecular flexibility index (Phi) is 6.17. The van der Waals surface area contributed by atoms with E-state index in [2.05, 4.69) is 5.32 Å². The Morgan fingerprint density at radius 3 is 2.33 bits per heavy atom. The molecule has 0 saturated heterocycles. The lowest BCUT2D eigenvalue weighted by Crippen LogP contribution is -2.30. The molecule has 0 aliphatic carbocycles. The molecular formula is C18H17F4N3O2. The molecule has 0 radical (unpaired) electrons. The molecule has 0 heterocycles. The first-order valence-corrected chi connectivity index (χ1v) is 7.74. The van der Waals surface area contributed by atoms with Gasteiger partial charge in [-0.2, -0.15) is 13.2 Å². The summed E-state index contributed by atoms with van der Waals surface area (Å²) in [5, 5.41) is 9.84. The SMILES string of the molecule is COC(C(=O)NCc1ccc(C(=N)N)cc1)c1ccc(C(F)(F)F)cc1F. The summed E-state index contributed by atoms with van der Waals surface area (Å²) in [4.78, 5) is 12.3. The molecule has 144 valence electrons. The van der Waals surface area contributed by atoms with Crippen molar-refractivity contribution in [3.8, 4) is 0 Å². The van der Waals surface area contributed by atoms with Gasteiger partial charge in [0.05, 0.1) is 5.56 Å². The van der Waals surface area contributed by atoms with Crippen molar-refractivity contribution < 1.29 is 27.1 Å². The van der Waals surface area contributed by atoms with Crippen molar-refractivity contribution >= 4 is 11.7 Å². The minimum absolute atomic E-state index is 0.0825. The number of nitrogens with two attached hydrogens (primary N) is 1. The van der Waals surface area contributed by atoms with E-state index in [1.54, 1.807) is 24.3 Å². The largest absolute Gasteiger partial charge is 0.416 e. The van der Waals surface area contributed by atoms with Gasteiger partial charge in [-0.25, -0.2) is 4.39 Å². The number of nitrogens with one attached hydrogen (secondary N) is 2. The van der Waals surface area contributed by atoms with Gasteiger partial charge >= 0.3 is 6.18 Å². The number of nitrogen functional groups attached to an aromatic ring is 1. The average molecular weight is 383 g/mol. The predicted molar refractivity (Wildman–Crippen MR) is 90.5 cm³/mol. The lowest BCUT2D eigenvalue weighted by molar-refractivity contribution is -0.137. The van der Waals surface area contributed by atoms with E-state index in [1.807, 2.05) is 0 Å². The number of hydrogen-bond acceptors (Lipinski definition) is 3. The second-order valence-electron chi connectivity index (χ2n) is 5.68. The average Bonchev–Trinajstić information content (AvgIpc) is 2.61. The van der Waals surface area contributed by atoms with Crippen molar-refractivity contribution in [2.24, 2.45) is 5.73 Å². The van der Waals surface area contributed by atoms with Crippen LogP contribution in [0.5, 0.6) is 0 Å². The van der Waals surface area contributed by atoms with Crippen molar-refractivity contribution in [3.63, 3.8) is 0 Å². The predicted octanol–water partition coefficient (Wildman–Crippen LogP) is 3.13. The minimum Gasteiger partial charge on any atom is -0.384 e. The van der Waals surface area contributed by atoms with Crippen LogP contribution in [0.25, 0.3) is 0 Å². The van der Waals surface area contributed by atoms with Crippen LogP contribution in [-0.4, -0.2) is 18.9 Å². The number of hydrogen-bond donors (Lipinski definition) is 3. The topological polar surface area (TPSA) is 88.2 Å². The Balaban J connectivity index is 2.10. The van der Waals surface area contributed by atoms with Gasteiger partial charge in [-0.15, -0.1) is 0 Å². The quantitative estimate of drug-likeness (QED) is 0.407. The molecule has 9 heteroatoms. The molecule has 1 atom stereocenters. The molecule has 0 aliphatic rings. The lowest BCUT2D eigenvalue weighted by atomic mass is 10.0. The summed E-state index contributed by atoms with van der Waals surface area (Å²) in [7, 11) is 1.16. The highest BCUT2D eigenvalue weighted by molar-refractivity contribution is 5.94. The van der Waals surface area contributed by atoms with E-state index < -0.39 is 29.6 Å². The van der Waals surface area contributed by atoms with Crippen LogP contribution >= 0.6 is 0 Å². The van der Waals surface area contributed by atoms with Crippen LogP contribution in [0.1, 0.15) is 28.4 Å². The van der Waals surface area contributed by atoms with E-state index in [9.17, 15) is 22.4 Å². The van der Waals surface area contributed by atoms with Crippen LogP contribution in [0.15, 0.2) is 42.5 Å². The Hall–Kier alpha value is -2.94. The number of amidine groups is 1. The number of halogens is 4. The molecule has 2 aromatic carbocycles. The second-order valence-corrected chi connectivity index (χ2v) is 5.68. The smallest absolute Gasteiger partial charge is 0.384 e. The van der Waals surface area contributed by atoms with Crippen molar-refractivity contribution in [2.45, 2.75) is 18.8 Å². The molecular weight excluding hydrogens is 366 g/mol. The summed E-state index contributed by atoms with van der Waals surface area (Å²) in [5.41, 5.74) is 5.12. The summed E-state index contributed by atoms with van der Waals surface area (Å²) in [6, 6.07) is 8.41. The Labute approximate surface area is 152 Å². The first-order valence-electron chi connectivity index (χ1n) is 7.74. The molecule has 0 saturated carbocycles. The maximum atomic E-state index is 14.1. The number of rotatable bonds is 6. The van der Waals surface area contributed by atoms with E-state index in [0.717, 1.165) is 13.2 Å². The number of ether oxygens (including phenoxy) is 1. The third-order valence-corrected chi connectivity index (χ3v) is 3.82. The van der Waals surface area contributed by atoms with Crippen LogP contribution in [0.3, 0.4) is 0 Å². The van der Waals surface area contributed by atoms with E-state index in [-0.39, 0.29) is 17.9 Å². The minimum atomic E-state index is -4.68. The van der Waals surface area contributed by atoms with Crippen LogP contribution in [0, 0.1) is 11.2 Å². The summed E-state index contributed by atoms with van der Waals surface area (Å²) >= 11 is 0. The third-order valence-electron chi connectivity index (χ3n) is 3.82. The maximum Gasteiger partial charge on any atom is 0.416 e. The third kappa shape index (κ3) is 5.04. The van der Waals surface area contributed by atoms with Gasteiger partial charge in [0, 0.05) is 24.8 Å². The van der Waals surface area contributed by atoms with Gasteiger partial charge in [-0.05, 0) is 17.7 Å². The van der Waals surface area contributed by atoms with E-state index in [1.165, 1.54) is 0 Å². The van der Waals surface area contributed by atoms with Crippen molar-refractivity contribution in [1.82, 2.24) is 5.32 Å². The molecule has 5 nitrogen and oxygen atoms in total. The molecule has 27 heavy (non-hydrogen) atoms. The van der Waals surface area contributed by atoms with Gasteiger partial charge in [0.1, 0.15) is 11.7 Å². The molecule has 0 aromatic heterocycles. The number of methoxy groups -OCH3 is 1. The number of carbonyl (C=O) groups is 1. The molecule has 4 N–H and O–H groups in total. The van der Waals surface area contributed by atoms with Gasteiger partial charge in [0.15, 0.2) is 6.10 Å². The maximum absolute atomic E-state index is 14.1. The Morgan fingerprint density at radius 2 is 1.85 bits per heavy atom. The molecule has 2 aromatic rings. The zero-order chi connectivity index (χ0) is 20.2. The van der Waals surface area contributed by atoms with Crippen LogP contribution in [0.2, 0.25) is 0 Å². The van der Waals surface area contributed by atoms with E-state index in [4.69, 9.17) is 15.9 Å². The van der Waals surface area contributed by atoms with Gasteiger partial charge in [0.2, 0.25) is 0 Å². The van der Waals surface area contributed by atoms with Gasteiger partial charge in [0.25, 0.3) is 5.91 Å². The van der Waals surface area contributed by atoms with Crippen LogP contribution in [-0.2, 0) is 22.3 Å². The molecule has 0 spiro atoms. The number of amides is 1. The summed E-state index contributed by atoms with van der Waals surface area (Å²) in [5.74, 6) is -1.98. The van der Waals surface area contributed by atoms with E-state index >= 15 is 0 Å². The number of carbonyl (C=O) groups excluding carboxylic acids is 1. The van der Waals surface area contributed by atoms with Crippen molar-refractivity contribution in [2.75, 3.05) is 7.11 Å². The van der Waals surface area contributed by atoms with Crippen molar-refractivity contribution in [3.05, 3.63) is 70.5 Å². The highest BCUT2D eigenvalue weighted by Gasteiger charge is 2.32. The van der Waals surface area contributed by atoms with Crippen molar-refractivity contribution in [1.29, 1.82) is 5.41 Å². The monoisotopic (exact) mass is 383 g/mol. The fraction of sp³-hybridized carbons (Fsp3) is 0.222. The molecule has 1 unspecified atom stereocenters. The van der Waals surface area contributed by atoms with Gasteiger partial charge in [-0.3, -0.25) is 10.2 Å². The first kappa shape index (κ1) is 20.4. The first-order chi connectivity index (χ1) is 12.6. The standard InChI is InChI=1S/C18H17F4N3O2/c1-27-15(13-7-6-12(8-14(13)19)18(20,21)22)17(26)25-9-10-2-4-11(5-3-10)16(23)24/h2-8,15H,9H2,1H3,(H3,23,24)(H,25,26). The van der Waals surface area contributed by atoms with Gasteiger partial charge in [-0.1, -0.05) is 30.3 Å². The zero-order valence-electron chi connectivity index (χ0n) is 14.2. The summed E-state index contributed by atoms with van der Waals surface area (Å²) in [6.07, 6.45) is -6.08. The number of benzene rings is 2. The Bertz CT molecular complexity index is 835. The Morgan fingerprint density at radius 1 is 1.22 bits per heavy atom. The zero-order valence-corrected chi connectivity index (χ0v) is 14.2. The van der Waals surface area contributed by atoms with Gasteiger partial charge < -0.3 is 15.8 Å². The highest BCUT2D eigenvalue weighted by Crippen LogP contribution is 2.32. The molecule has 1 amide bonds. The lowest BCUT2D eigenvalue weighted by Gasteiger charge is -2.17. The fourth-order valence-electron chi connectivity index (χ4n) is 2.38. The molecule has 0 fully saturated rings.